The lowest BCUT2D eigenvalue weighted by Crippen LogP contribution is -2.36. The normalized spacial score (nSPS) is 18.7. The number of halogens is 1. The number of amides is 1. The molecule has 1 fully saturated rings. The molecule has 0 spiro atoms. The highest BCUT2D eigenvalue weighted by Crippen LogP contribution is 2.22. The molecule has 116 valence electrons. The molecule has 2 heterocycles. The van der Waals surface area contributed by atoms with E-state index >= 15 is 0 Å². The summed E-state index contributed by atoms with van der Waals surface area (Å²) < 4.78 is 5.22. The van der Waals surface area contributed by atoms with Crippen molar-refractivity contribution in [2.24, 2.45) is 5.92 Å². The van der Waals surface area contributed by atoms with Gasteiger partial charge >= 0.3 is 6.09 Å². The molecule has 0 aromatic carbocycles. The van der Waals surface area contributed by atoms with Gasteiger partial charge in [-0.2, -0.15) is 0 Å². The lowest BCUT2D eigenvalue weighted by molar-refractivity contribution is 0.0520. The summed E-state index contributed by atoms with van der Waals surface area (Å²) in [7, 11) is 0. The number of anilines is 1. The second-order valence-corrected chi connectivity index (χ2v) is 6.51. The van der Waals surface area contributed by atoms with E-state index in [4.69, 9.17) is 16.3 Å². The zero-order valence-electron chi connectivity index (χ0n) is 12.6. The number of nitrogens with zero attached hydrogens (tertiary/aromatic N) is 3. The largest absolute Gasteiger partial charge is 0.444 e. The molecule has 6 nitrogen and oxygen atoms in total. The van der Waals surface area contributed by atoms with Gasteiger partial charge in [0.2, 0.25) is 5.28 Å². The molecule has 1 aromatic heterocycles. The lowest BCUT2D eigenvalue weighted by Gasteiger charge is -2.21. The van der Waals surface area contributed by atoms with E-state index in [1.807, 2.05) is 26.8 Å². The topological polar surface area (TPSA) is 67.3 Å². The van der Waals surface area contributed by atoms with Crippen molar-refractivity contribution >= 4 is 23.5 Å². The zero-order chi connectivity index (χ0) is 15.5. The van der Waals surface area contributed by atoms with E-state index in [9.17, 15) is 4.79 Å². The first-order valence-corrected chi connectivity index (χ1v) is 7.41. The van der Waals surface area contributed by atoms with Crippen molar-refractivity contribution in [3.05, 3.63) is 17.5 Å². The molecule has 0 bridgehead atoms. The monoisotopic (exact) mass is 312 g/mol. The Morgan fingerprint density at radius 2 is 2.33 bits per heavy atom. The minimum Gasteiger partial charge on any atom is -0.444 e. The molecule has 1 aliphatic heterocycles. The Morgan fingerprint density at radius 3 is 3.00 bits per heavy atom. The van der Waals surface area contributed by atoms with E-state index in [-0.39, 0.29) is 11.4 Å². The Labute approximate surface area is 129 Å². The number of rotatable bonds is 3. The summed E-state index contributed by atoms with van der Waals surface area (Å²) in [5.41, 5.74) is -0.469. The van der Waals surface area contributed by atoms with Crippen LogP contribution < -0.4 is 10.2 Å². The number of alkyl carbamates (subject to hydrolysis) is 1. The van der Waals surface area contributed by atoms with Crippen LogP contribution in [-0.2, 0) is 4.74 Å². The third-order valence-corrected chi connectivity index (χ3v) is 3.34. The average molecular weight is 313 g/mol. The Balaban J connectivity index is 1.79. The predicted octanol–water partition coefficient (Wildman–Crippen LogP) is 2.48. The summed E-state index contributed by atoms with van der Waals surface area (Å²) in [5.74, 6) is 1.21. The molecule has 1 aromatic rings. The van der Waals surface area contributed by atoms with Crippen molar-refractivity contribution in [1.82, 2.24) is 15.3 Å². The molecule has 1 atom stereocenters. The van der Waals surface area contributed by atoms with Gasteiger partial charge in [-0.25, -0.2) is 14.8 Å². The number of aromatic nitrogens is 2. The van der Waals surface area contributed by atoms with Crippen LogP contribution in [0.15, 0.2) is 12.3 Å². The van der Waals surface area contributed by atoms with Gasteiger partial charge in [0.05, 0.1) is 0 Å². The number of ether oxygens (including phenoxy) is 1. The van der Waals surface area contributed by atoms with Crippen LogP contribution in [0.2, 0.25) is 5.28 Å². The third-order valence-electron chi connectivity index (χ3n) is 3.16. The van der Waals surface area contributed by atoms with Crippen LogP contribution in [-0.4, -0.2) is 41.3 Å². The molecule has 0 radical (unpaired) electrons. The van der Waals surface area contributed by atoms with Crippen LogP contribution in [0.3, 0.4) is 0 Å². The molecule has 21 heavy (non-hydrogen) atoms. The fourth-order valence-electron chi connectivity index (χ4n) is 2.25. The van der Waals surface area contributed by atoms with Gasteiger partial charge in [0.15, 0.2) is 0 Å². The van der Waals surface area contributed by atoms with Crippen molar-refractivity contribution in [2.45, 2.75) is 32.8 Å². The van der Waals surface area contributed by atoms with E-state index in [0.717, 1.165) is 25.3 Å². The number of carbonyl (C=O) groups excluding carboxylic acids is 1. The van der Waals surface area contributed by atoms with Crippen LogP contribution in [0.1, 0.15) is 27.2 Å². The molecule has 1 saturated heterocycles. The molecule has 1 N–H and O–H groups in total. The van der Waals surface area contributed by atoms with Crippen molar-refractivity contribution in [3.8, 4) is 0 Å². The smallest absolute Gasteiger partial charge is 0.407 e. The van der Waals surface area contributed by atoms with Gasteiger partial charge in [-0.1, -0.05) is 0 Å². The van der Waals surface area contributed by atoms with Gasteiger partial charge in [-0.3, -0.25) is 0 Å². The predicted molar refractivity (Wildman–Crippen MR) is 81.6 cm³/mol. The van der Waals surface area contributed by atoms with Crippen molar-refractivity contribution < 1.29 is 9.53 Å². The van der Waals surface area contributed by atoms with Gasteiger partial charge in [-0.15, -0.1) is 0 Å². The van der Waals surface area contributed by atoms with Crippen molar-refractivity contribution in [2.75, 3.05) is 24.5 Å². The van der Waals surface area contributed by atoms with Gasteiger partial charge in [0, 0.05) is 25.8 Å². The first kappa shape index (κ1) is 15.8. The Bertz CT molecular complexity index is 504. The SMILES string of the molecule is CC(C)(C)OC(=O)NC[C@@H]1CCN(c2ccnc(Cl)n2)C1. The van der Waals surface area contributed by atoms with Crippen LogP contribution in [0.25, 0.3) is 0 Å². The maximum Gasteiger partial charge on any atom is 0.407 e. The highest BCUT2D eigenvalue weighted by atomic mass is 35.5. The van der Waals surface area contributed by atoms with Crippen molar-refractivity contribution in [1.29, 1.82) is 0 Å². The van der Waals surface area contributed by atoms with E-state index in [1.165, 1.54) is 0 Å². The fraction of sp³-hybridized carbons (Fsp3) is 0.643. The van der Waals surface area contributed by atoms with Gasteiger partial charge in [0.25, 0.3) is 0 Å². The zero-order valence-corrected chi connectivity index (χ0v) is 13.4. The van der Waals surface area contributed by atoms with E-state index < -0.39 is 5.60 Å². The summed E-state index contributed by atoms with van der Waals surface area (Å²) in [4.78, 5) is 21.9. The number of carbonyl (C=O) groups is 1. The summed E-state index contributed by atoms with van der Waals surface area (Å²) >= 11 is 5.80. The van der Waals surface area contributed by atoms with Crippen LogP contribution in [0, 0.1) is 5.92 Å². The van der Waals surface area contributed by atoms with E-state index in [1.54, 1.807) is 6.20 Å². The van der Waals surface area contributed by atoms with Crippen LogP contribution >= 0.6 is 11.6 Å². The Morgan fingerprint density at radius 1 is 1.57 bits per heavy atom. The summed E-state index contributed by atoms with van der Waals surface area (Å²) in [6.45, 7) is 7.88. The van der Waals surface area contributed by atoms with Gasteiger partial charge in [-0.05, 0) is 50.8 Å². The van der Waals surface area contributed by atoms with Crippen LogP contribution in [0.5, 0.6) is 0 Å². The molecule has 0 aliphatic carbocycles. The summed E-state index contributed by atoms with van der Waals surface area (Å²) in [6.07, 6.45) is 2.28. The van der Waals surface area contributed by atoms with E-state index in [0.29, 0.717) is 12.5 Å². The number of hydrogen-bond acceptors (Lipinski definition) is 5. The molecule has 1 aliphatic rings. The standard InChI is InChI=1S/C14H21ClN4O2/c1-14(2,3)21-13(20)17-8-10-5-7-19(9-10)11-4-6-16-12(15)18-11/h4,6,10H,5,7-9H2,1-3H3,(H,17,20)/t10-/m0/s1. The second kappa shape index (κ2) is 6.47. The maximum absolute atomic E-state index is 11.6. The van der Waals surface area contributed by atoms with E-state index in [2.05, 4.69) is 20.2 Å². The quantitative estimate of drug-likeness (QED) is 0.869. The highest BCUT2D eigenvalue weighted by Gasteiger charge is 2.25. The van der Waals surface area contributed by atoms with Gasteiger partial charge < -0.3 is 15.0 Å². The number of nitrogens with one attached hydrogen (secondary N) is 1. The van der Waals surface area contributed by atoms with Crippen molar-refractivity contribution in [3.63, 3.8) is 0 Å². The van der Waals surface area contributed by atoms with Gasteiger partial charge in [0.1, 0.15) is 11.4 Å². The summed E-state index contributed by atoms with van der Waals surface area (Å²) in [6, 6.07) is 1.84. The Kier molecular flexibility index (Phi) is 4.88. The van der Waals surface area contributed by atoms with Crippen LogP contribution in [0.4, 0.5) is 10.6 Å². The Hall–Kier alpha value is -1.56. The molecule has 0 saturated carbocycles. The molecular weight excluding hydrogens is 292 g/mol. The molecule has 0 unspecified atom stereocenters. The highest BCUT2D eigenvalue weighted by molar-refractivity contribution is 6.28. The number of hydrogen-bond donors (Lipinski definition) is 1. The first-order chi connectivity index (χ1) is 9.83. The second-order valence-electron chi connectivity index (χ2n) is 6.17. The lowest BCUT2D eigenvalue weighted by atomic mass is 10.1. The fourth-order valence-corrected chi connectivity index (χ4v) is 2.39. The third kappa shape index (κ3) is 5.04. The minimum absolute atomic E-state index is 0.253. The average Bonchev–Trinajstić information content (AvgIpc) is 2.83. The first-order valence-electron chi connectivity index (χ1n) is 7.04. The molecular formula is C14H21ClN4O2. The minimum atomic E-state index is -0.469. The summed E-state index contributed by atoms with van der Waals surface area (Å²) in [5, 5.41) is 3.07. The molecule has 7 heteroatoms. The molecule has 2 rings (SSSR count). The maximum atomic E-state index is 11.6. The molecule has 1 amide bonds.